The van der Waals surface area contributed by atoms with Crippen molar-refractivity contribution in [2.24, 2.45) is 7.05 Å². The van der Waals surface area contributed by atoms with E-state index in [-0.39, 0.29) is 18.3 Å². The highest BCUT2D eigenvalue weighted by atomic mass is 19.1. The molecule has 0 fully saturated rings. The van der Waals surface area contributed by atoms with Crippen LogP contribution in [0.4, 0.5) is 9.18 Å². The van der Waals surface area contributed by atoms with E-state index in [0.717, 1.165) is 41.3 Å². The molecule has 4 heterocycles. The summed E-state index contributed by atoms with van der Waals surface area (Å²) in [4.78, 5) is 31.4. The van der Waals surface area contributed by atoms with Crippen LogP contribution in [-0.4, -0.2) is 37.3 Å². The number of ether oxygens (including phenoxy) is 2. The Bertz CT molecular complexity index is 1550. The van der Waals surface area contributed by atoms with Gasteiger partial charge in [0.15, 0.2) is 0 Å². The summed E-state index contributed by atoms with van der Waals surface area (Å²) in [5.41, 5.74) is 3.81. The van der Waals surface area contributed by atoms with Crippen LogP contribution in [0.2, 0.25) is 0 Å². The van der Waals surface area contributed by atoms with Crippen molar-refractivity contribution in [1.82, 2.24) is 19.0 Å². The van der Waals surface area contributed by atoms with Gasteiger partial charge in [0.25, 0.3) is 5.56 Å². The Morgan fingerprint density at radius 2 is 1.95 bits per heavy atom. The van der Waals surface area contributed by atoms with E-state index in [1.54, 1.807) is 27.8 Å². The van der Waals surface area contributed by atoms with Crippen LogP contribution in [0.1, 0.15) is 44.1 Å². The predicted molar refractivity (Wildman–Crippen MR) is 142 cm³/mol. The van der Waals surface area contributed by atoms with Crippen molar-refractivity contribution in [3.63, 3.8) is 0 Å². The summed E-state index contributed by atoms with van der Waals surface area (Å²) in [6, 6.07) is 12.0. The van der Waals surface area contributed by atoms with Crippen molar-refractivity contribution in [1.29, 1.82) is 0 Å². The molecular weight excluding hydrogens is 487 g/mol. The zero-order valence-corrected chi connectivity index (χ0v) is 22.0. The summed E-state index contributed by atoms with van der Waals surface area (Å²) < 4.78 is 28.0. The molecule has 1 aromatic carbocycles. The first-order chi connectivity index (χ1) is 18.1. The average molecular weight is 519 g/mol. The fraction of sp³-hybridized carbons (Fsp3) is 0.345. The lowest BCUT2D eigenvalue weighted by Gasteiger charge is -2.26. The number of benzene rings is 1. The molecule has 0 unspecified atom stereocenters. The number of aryl methyl sites for hydroxylation is 2. The highest BCUT2D eigenvalue weighted by Crippen LogP contribution is 2.31. The maximum Gasteiger partial charge on any atom is 0.410 e. The van der Waals surface area contributed by atoms with Crippen molar-refractivity contribution in [3.05, 3.63) is 88.0 Å². The Morgan fingerprint density at radius 1 is 1.13 bits per heavy atom. The molecule has 198 valence electrons. The number of fused-ring (bicyclic) bond motifs is 3. The monoisotopic (exact) mass is 518 g/mol. The fourth-order valence-electron chi connectivity index (χ4n) is 4.79. The number of hydrogen-bond donors (Lipinski definition) is 0. The molecule has 1 aliphatic rings. The van der Waals surface area contributed by atoms with Crippen LogP contribution in [0.5, 0.6) is 5.75 Å². The third-order valence-electron chi connectivity index (χ3n) is 6.61. The number of rotatable bonds is 4. The smallest absolute Gasteiger partial charge is 0.410 e. The molecule has 8 nitrogen and oxygen atoms in total. The molecule has 0 saturated heterocycles. The molecule has 9 heteroatoms. The molecule has 5 rings (SSSR count). The van der Waals surface area contributed by atoms with Gasteiger partial charge in [-0.2, -0.15) is 0 Å². The van der Waals surface area contributed by atoms with E-state index in [1.165, 1.54) is 17.7 Å². The fourth-order valence-corrected chi connectivity index (χ4v) is 4.79. The average Bonchev–Trinajstić information content (AvgIpc) is 3.00. The van der Waals surface area contributed by atoms with Crippen molar-refractivity contribution in [2.45, 2.75) is 52.4 Å². The highest BCUT2D eigenvalue weighted by molar-refractivity contribution is 5.87. The van der Waals surface area contributed by atoms with Gasteiger partial charge in [-0.1, -0.05) is 6.07 Å². The van der Waals surface area contributed by atoms with Gasteiger partial charge >= 0.3 is 6.09 Å². The van der Waals surface area contributed by atoms with Crippen LogP contribution < -0.4 is 10.3 Å². The van der Waals surface area contributed by atoms with Crippen molar-refractivity contribution < 1.29 is 18.7 Å². The van der Waals surface area contributed by atoms with Crippen LogP contribution in [0.3, 0.4) is 0 Å². The van der Waals surface area contributed by atoms with Gasteiger partial charge in [0.2, 0.25) is 0 Å². The second-order valence-corrected chi connectivity index (χ2v) is 10.5. The maximum atomic E-state index is 13.0. The first kappa shape index (κ1) is 25.5. The Hall–Kier alpha value is -4.14. The van der Waals surface area contributed by atoms with E-state index in [4.69, 9.17) is 9.47 Å². The summed E-state index contributed by atoms with van der Waals surface area (Å²) in [5.74, 6) is -0.00502. The molecular formula is C29H31FN4O4. The van der Waals surface area contributed by atoms with Crippen LogP contribution in [0.15, 0.2) is 59.7 Å². The van der Waals surface area contributed by atoms with Gasteiger partial charge in [-0.25, -0.2) is 9.18 Å². The Balaban J connectivity index is 1.39. The number of amides is 1. The van der Waals surface area contributed by atoms with Crippen molar-refractivity contribution >= 4 is 17.0 Å². The van der Waals surface area contributed by atoms with E-state index in [1.807, 2.05) is 46.0 Å². The molecule has 0 atom stereocenters. The van der Waals surface area contributed by atoms with Crippen molar-refractivity contribution in [3.8, 4) is 11.4 Å². The standard InChI is InChI=1S/C29H31FN4O4/c1-29(2,3)38-28(36)33-12-5-6-23-24-10-9-21(14-25(24)32(4)26(23)17-33)34-13-11-22(15-27(34)35)37-18-20-8-7-19(30)16-31-20/h7-11,13-16H,5-6,12,17-18H2,1-4H3. The Kier molecular flexibility index (Phi) is 6.69. The number of carbonyl (C=O) groups is 1. The molecule has 1 aliphatic heterocycles. The van der Waals surface area contributed by atoms with Gasteiger partial charge in [-0.3, -0.25) is 14.3 Å². The molecule has 0 bridgehead atoms. The van der Waals surface area contributed by atoms with Crippen LogP contribution in [-0.2, 0) is 31.4 Å². The van der Waals surface area contributed by atoms with Gasteiger partial charge in [-0.05, 0) is 69.5 Å². The van der Waals surface area contributed by atoms with E-state index < -0.39 is 11.4 Å². The molecule has 0 aliphatic carbocycles. The second kappa shape index (κ2) is 9.96. The zero-order chi connectivity index (χ0) is 27.0. The number of nitrogens with zero attached hydrogens (tertiary/aromatic N) is 4. The normalized spacial score (nSPS) is 13.8. The minimum atomic E-state index is -0.550. The maximum absolute atomic E-state index is 13.0. The lowest BCUT2D eigenvalue weighted by molar-refractivity contribution is 0.0233. The highest BCUT2D eigenvalue weighted by Gasteiger charge is 2.27. The quantitative estimate of drug-likeness (QED) is 0.375. The number of aromatic nitrogens is 3. The number of halogens is 1. The molecule has 0 saturated carbocycles. The number of hydrogen-bond acceptors (Lipinski definition) is 5. The van der Waals surface area contributed by atoms with Gasteiger partial charge in [0.1, 0.15) is 23.8 Å². The second-order valence-electron chi connectivity index (χ2n) is 10.5. The molecule has 1 amide bonds. The third kappa shape index (κ3) is 5.27. The van der Waals surface area contributed by atoms with Crippen LogP contribution >= 0.6 is 0 Å². The predicted octanol–water partition coefficient (Wildman–Crippen LogP) is 5.13. The van der Waals surface area contributed by atoms with E-state index >= 15 is 0 Å². The zero-order valence-electron chi connectivity index (χ0n) is 22.0. The van der Waals surface area contributed by atoms with E-state index in [9.17, 15) is 14.0 Å². The topological polar surface area (TPSA) is 78.6 Å². The SMILES string of the molecule is Cn1c2c(c3ccc(-n4ccc(OCc5ccc(F)cn5)cc4=O)cc31)CCCN(C(=O)OC(C)(C)C)C2. The van der Waals surface area contributed by atoms with Gasteiger partial charge in [0.05, 0.1) is 29.6 Å². The van der Waals surface area contributed by atoms with Crippen LogP contribution in [0.25, 0.3) is 16.6 Å². The van der Waals surface area contributed by atoms with Gasteiger partial charge < -0.3 is 18.9 Å². The minimum absolute atomic E-state index is 0.130. The summed E-state index contributed by atoms with van der Waals surface area (Å²) in [7, 11) is 1.99. The number of carbonyl (C=O) groups excluding carboxylic acids is 1. The molecule has 0 N–H and O–H groups in total. The van der Waals surface area contributed by atoms with E-state index in [0.29, 0.717) is 24.5 Å². The van der Waals surface area contributed by atoms with Gasteiger partial charge in [-0.15, -0.1) is 0 Å². The largest absolute Gasteiger partial charge is 0.487 e. The van der Waals surface area contributed by atoms with E-state index in [2.05, 4.69) is 9.55 Å². The molecule has 4 aromatic rings. The first-order valence-electron chi connectivity index (χ1n) is 12.6. The third-order valence-corrected chi connectivity index (χ3v) is 6.61. The van der Waals surface area contributed by atoms with Gasteiger partial charge in [0, 0.05) is 36.9 Å². The molecule has 0 spiro atoms. The Labute approximate surface area is 220 Å². The first-order valence-corrected chi connectivity index (χ1v) is 12.6. The summed E-state index contributed by atoms with van der Waals surface area (Å²) in [5, 5.41) is 1.12. The minimum Gasteiger partial charge on any atom is -0.487 e. The molecule has 3 aromatic heterocycles. The lowest BCUT2D eigenvalue weighted by Crippen LogP contribution is -2.36. The Morgan fingerprint density at radius 3 is 2.66 bits per heavy atom. The molecule has 38 heavy (non-hydrogen) atoms. The van der Waals surface area contributed by atoms with Crippen LogP contribution in [0, 0.1) is 5.82 Å². The van der Waals surface area contributed by atoms with Crippen molar-refractivity contribution in [2.75, 3.05) is 6.54 Å². The summed E-state index contributed by atoms with van der Waals surface area (Å²) in [6.07, 6.45) is 4.21. The summed E-state index contributed by atoms with van der Waals surface area (Å²) in [6.45, 7) is 6.86. The number of pyridine rings is 2. The lowest BCUT2D eigenvalue weighted by atomic mass is 10.1. The summed E-state index contributed by atoms with van der Waals surface area (Å²) >= 11 is 0. The molecule has 0 radical (unpaired) electrons.